The zero-order chi connectivity index (χ0) is 14.8. The summed E-state index contributed by atoms with van der Waals surface area (Å²) >= 11 is 6.03. The zero-order valence-electron chi connectivity index (χ0n) is 12.0. The number of halogens is 1. The Balaban J connectivity index is 2.19. The Morgan fingerprint density at radius 2 is 1.76 bits per heavy atom. The van der Waals surface area contributed by atoms with Crippen molar-refractivity contribution < 1.29 is 0 Å². The smallest absolute Gasteiger partial charge is 0.106 e. The monoisotopic (exact) mass is 297 g/mol. The molecule has 0 radical (unpaired) electrons. The summed E-state index contributed by atoms with van der Waals surface area (Å²) in [5.74, 6) is 0.342. The van der Waals surface area contributed by atoms with Gasteiger partial charge in [-0.1, -0.05) is 46.7 Å². The molecule has 1 heterocycles. The molecule has 3 nitrogen and oxygen atoms in total. The molecule has 0 atom stereocenters. The van der Waals surface area contributed by atoms with Gasteiger partial charge in [0, 0.05) is 5.56 Å². The van der Waals surface area contributed by atoms with Gasteiger partial charge in [-0.15, -0.1) is 16.7 Å². The van der Waals surface area contributed by atoms with Gasteiger partial charge in [-0.3, -0.25) is 0 Å². The molecule has 21 heavy (non-hydrogen) atoms. The summed E-state index contributed by atoms with van der Waals surface area (Å²) < 4.78 is 1.85. The summed E-state index contributed by atoms with van der Waals surface area (Å²) in [7, 11) is 0. The average Bonchev–Trinajstić information content (AvgIpc) is 2.92. The van der Waals surface area contributed by atoms with Crippen LogP contribution in [0.1, 0.15) is 16.8 Å². The van der Waals surface area contributed by atoms with E-state index in [2.05, 4.69) is 54.5 Å². The fourth-order valence-corrected chi connectivity index (χ4v) is 2.53. The Morgan fingerprint density at radius 3 is 2.43 bits per heavy atom. The number of rotatable bonds is 3. The molecule has 0 unspecified atom stereocenters. The first kappa shape index (κ1) is 13.8. The second kappa shape index (κ2) is 5.70. The van der Waals surface area contributed by atoms with Crippen molar-refractivity contribution in [2.75, 3.05) is 0 Å². The van der Waals surface area contributed by atoms with Gasteiger partial charge < -0.3 is 0 Å². The van der Waals surface area contributed by atoms with Gasteiger partial charge >= 0.3 is 0 Å². The lowest BCUT2D eigenvalue weighted by Gasteiger charge is -2.09. The van der Waals surface area contributed by atoms with Crippen LogP contribution >= 0.6 is 11.6 Å². The first-order valence-corrected chi connectivity index (χ1v) is 7.37. The molecule has 1 aromatic heterocycles. The van der Waals surface area contributed by atoms with Gasteiger partial charge in [0.25, 0.3) is 0 Å². The first-order chi connectivity index (χ1) is 10.2. The van der Waals surface area contributed by atoms with Crippen molar-refractivity contribution >= 4 is 11.6 Å². The molecule has 0 saturated carbocycles. The fraction of sp³-hybridized carbons (Fsp3) is 0.176. The topological polar surface area (TPSA) is 30.7 Å². The summed E-state index contributed by atoms with van der Waals surface area (Å²) in [6.07, 6.45) is 0. The lowest BCUT2D eigenvalue weighted by Crippen LogP contribution is -2.00. The maximum atomic E-state index is 6.03. The molecular weight excluding hydrogens is 282 g/mol. The van der Waals surface area contributed by atoms with Crippen LogP contribution in [0.4, 0.5) is 0 Å². The van der Waals surface area contributed by atoms with Crippen molar-refractivity contribution in [3.63, 3.8) is 0 Å². The largest absolute Gasteiger partial charge is 0.213 e. The predicted octanol–water partition coefficient (Wildman–Crippen LogP) is 4.29. The van der Waals surface area contributed by atoms with E-state index in [1.165, 1.54) is 11.1 Å². The van der Waals surface area contributed by atoms with Crippen molar-refractivity contribution in [1.29, 1.82) is 0 Å². The van der Waals surface area contributed by atoms with Crippen LogP contribution in [-0.4, -0.2) is 15.0 Å². The highest BCUT2D eigenvalue weighted by molar-refractivity contribution is 6.17. The minimum Gasteiger partial charge on any atom is -0.213 e. The molecule has 0 bridgehead atoms. The van der Waals surface area contributed by atoms with Crippen LogP contribution in [0.15, 0.2) is 48.5 Å². The molecule has 2 aromatic carbocycles. The van der Waals surface area contributed by atoms with E-state index in [0.717, 1.165) is 22.6 Å². The van der Waals surface area contributed by atoms with E-state index in [9.17, 15) is 0 Å². The summed E-state index contributed by atoms with van der Waals surface area (Å²) in [5.41, 5.74) is 6.23. The zero-order valence-corrected chi connectivity index (χ0v) is 12.8. The van der Waals surface area contributed by atoms with Gasteiger partial charge in [0.15, 0.2) is 0 Å². The Bertz CT molecular complexity index is 760. The molecule has 106 valence electrons. The van der Waals surface area contributed by atoms with E-state index in [1.54, 1.807) is 0 Å². The number of nitrogens with zero attached hydrogens (tertiary/aromatic N) is 3. The van der Waals surface area contributed by atoms with E-state index in [0.29, 0.717) is 5.88 Å². The average molecular weight is 298 g/mol. The number of hydrogen-bond acceptors (Lipinski definition) is 2. The summed E-state index contributed by atoms with van der Waals surface area (Å²) in [6, 6.07) is 16.5. The molecule has 0 fully saturated rings. The van der Waals surface area contributed by atoms with Crippen LogP contribution in [0.5, 0.6) is 0 Å². The van der Waals surface area contributed by atoms with Gasteiger partial charge in [-0.05, 0) is 32.0 Å². The quantitative estimate of drug-likeness (QED) is 0.675. The highest BCUT2D eigenvalue weighted by Gasteiger charge is 2.15. The molecule has 3 rings (SSSR count). The third-order valence-electron chi connectivity index (χ3n) is 3.44. The van der Waals surface area contributed by atoms with Crippen LogP contribution in [-0.2, 0) is 5.88 Å². The van der Waals surface area contributed by atoms with Gasteiger partial charge in [0.2, 0.25) is 0 Å². The molecule has 0 saturated heterocycles. The van der Waals surface area contributed by atoms with Crippen molar-refractivity contribution in [3.8, 4) is 16.9 Å². The minimum absolute atomic E-state index is 0.342. The van der Waals surface area contributed by atoms with Crippen molar-refractivity contribution in [2.45, 2.75) is 19.7 Å². The van der Waals surface area contributed by atoms with Gasteiger partial charge in [0.1, 0.15) is 5.69 Å². The highest BCUT2D eigenvalue weighted by Crippen LogP contribution is 2.27. The van der Waals surface area contributed by atoms with Crippen LogP contribution in [0.3, 0.4) is 0 Å². The van der Waals surface area contributed by atoms with Crippen molar-refractivity contribution in [1.82, 2.24) is 15.0 Å². The lowest BCUT2D eigenvalue weighted by molar-refractivity contribution is 0.804. The third-order valence-corrected chi connectivity index (χ3v) is 3.69. The van der Waals surface area contributed by atoms with E-state index < -0.39 is 0 Å². The molecule has 3 aromatic rings. The Kier molecular flexibility index (Phi) is 3.76. The van der Waals surface area contributed by atoms with Crippen LogP contribution in [0, 0.1) is 13.8 Å². The Morgan fingerprint density at radius 1 is 1.00 bits per heavy atom. The first-order valence-electron chi connectivity index (χ1n) is 6.83. The molecule has 0 aliphatic carbocycles. The Labute approximate surface area is 129 Å². The molecule has 0 N–H and O–H groups in total. The second-order valence-electron chi connectivity index (χ2n) is 5.14. The van der Waals surface area contributed by atoms with Gasteiger partial charge in [-0.2, -0.15) is 0 Å². The lowest BCUT2D eigenvalue weighted by atomic mass is 10.1. The number of hydrogen-bond donors (Lipinski definition) is 0. The predicted molar refractivity (Wildman–Crippen MR) is 85.8 cm³/mol. The van der Waals surface area contributed by atoms with Crippen molar-refractivity contribution in [3.05, 3.63) is 65.4 Å². The van der Waals surface area contributed by atoms with Gasteiger partial charge in [0.05, 0.1) is 17.3 Å². The van der Waals surface area contributed by atoms with E-state index in [1.807, 2.05) is 22.9 Å². The second-order valence-corrected chi connectivity index (χ2v) is 5.40. The van der Waals surface area contributed by atoms with Crippen LogP contribution in [0.25, 0.3) is 16.9 Å². The number of alkyl halides is 1. The maximum Gasteiger partial charge on any atom is 0.106 e. The summed E-state index contributed by atoms with van der Waals surface area (Å²) in [6.45, 7) is 4.14. The van der Waals surface area contributed by atoms with E-state index >= 15 is 0 Å². The minimum atomic E-state index is 0.342. The van der Waals surface area contributed by atoms with Gasteiger partial charge in [-0.25, -0.2) is 4.68 Å². The molecule has 4 heteroatoms. The Hall–Kier alpha value is -2.13. The maximum absolute atomic E-state index is 6.03. The van der Waals surface area contributed by atoms with Crippen molar-refractivity contribution in [2.24, 2.45) is 0 Å². The van der Waals surface area contributed by atoms with E-state index in [4.69, 9.17) is 11.6 Å². The fourth-order valence-electron chi connectivity index (χ4n) is 2.35. The van der Waals surface area contributed by atoms with Crippen LogP contribution in [0.2, 0.25) is 0 Å². The third kappa shape index (κ3) is 2.69. The molecular formula is C17H16ClN3. The molecule has 0 aliphatic heterocycles. The molecule has 0 amide bonds. The molecule has 0 aliphatic rings. The normalized spacial score (nSPS) is 10.8. The number of aryl methyl sites for hydroxylation is 2. The number of aromatic nitrogens is 3. The number of benzene rings is 2. The summed E-state index contributed by atoms with van der Waals surface area (Å²) in [5, 5.41) is 8.50. The highest BCUT2D eigenvalue weighted by atomic mass is 35.5. The van der Waals surface area contributed by atoms with Crippen LogP contribution < -0.4 is 0 Å². The SMILES string of the molecule is Cc1ccc(-n2nnc(CCl)c2-c2cccc(C)c2)cc1. The standard InChI is InChI=1S/C17H16ClN3/c1-12-6-8-15(9-7-12)21-17(16(11-18)19-20-21)14-5-3-4-13(2)10-14/h3-10H,11H2,1-2H3. The van der Waals surface area contributed by atoms with E-state index in [-0.39, 0.29) is 0 Å². The molecule has 0 spiro atoms. The summed E-state index contributed by atoms with van der Waals surface area (Å²) in [4.78, 5) is 0.